The highest BCUT2D eigenvalue weighted by Crippen LogP contribution is 2.37. The van der Waals surface area contributed by atoms with Crippen molar-refractivity contribution < 1.29 is 21.8 Å². The summed E-state index contributed by atoms with van der Waals surface area (Å²) in [5, 5.41) is 10.8. The van der Waals surface area contributed by atoms with Gasteiger partial charge in [-0.1, -0.05) is 65.0 Å². The van der Waals surface area contributed by atoms with Crippen LogP contribution in [0.25, 0.3) is 0 Å². The van der Waals surface area contributed by atoms with Crippen molar-refractivity contribution in [1.82, 2.24) is 4.98 Å². The van der Waals surface area contributed by atoms with Gasteiger partial charge in [-0.3, -0.25) is 14.8 Å². The quantitative estimate of drug-likeness (QED) is 0.252. The molecule has 1 N–H and O–H groups in total. The number of nitrogens with one attached hydrogen (secondary N) is 1. The Kier molecular flexibility index (Phi) is 7.92. The van der Waals surface area contributed by atoms with Crippen molar-refractivity contribution in [3.63, 3.8) is 0 Å². The van der Waals surface area contributed by atoms with Crippen molar-refractivity contribution in [3.8, 4) is 0 Å². The summed E-state index contributed by atoms with van der Waals surface area (Å²) in [5.41, 5.74) is 2.18. The number of benzene rings is 2. The predicted octanol–water partition coefficient (Wildman–Crippen LogP) is 6.06. The van der Waals surface area contributed by atoms with E-state index in [1.807, 2.05) is 39.8 Å². The van der Waals surface area contributed by atoms with Gasteiger partial charge in [-0.15, -0.1) is 0 Å². The van der Waals surface area contributed by atoms with E-state index in [0.29, 0.717) is 22.5 Å². The van der Waals surface area contributed by atoms with Crippen molar-refractivity contribution in [2.24, 2.45) is 0 Å². The third-order valence-corrected chi connectivity index (χ3v) is 10.4. The average Bonchev–Trinajstić information content (AvgIpc) is 3.26. The lowest BCUT2D eigenvalue weighted by Crippen LogP contribution is -2.19. The predicted molar refractivity (Wildman–Crippen MR) is 140 cm³/mol. The van der Waals surface area contributed by atoms with Crippen LogP contribution in [0, 0.1) is 10.1 Å². The number of sulfone groups is 1. The second-order valence-corrected chi connectivity index (χ2v) is 14.2. The number of hydrogen-bond acceptors (Lipinski definition) is 8. The molecule has 9 nitrogen and oxygen atoms in total. The fourth-order valence-electron chi connectivity index (χ4n) is 3.66. The first kappa shape index (κ1) is 27.8. The van der Waals surface area contributed by atoms with E-state index in [4.69, 9.17) is 0 Å². The van der Waals surface area contributed by atoms with E-state index in [9.17, 15) is 26.9 Å². The van der Waals surface area contributed by atoms with Gasteiger partial charge in [0.25, 0.3) is 15.7 Å². The summed E-state index contributed by atoms with van der Waals surface area (Å²) < 4.78 is 55.4. The van der Waals surface area contributed by atoms with Crippen LogP contribution in [0.2, 0.25) is 0 Å². The third kappa shape index (κ3) is 5.60. The lowest BCUT2D eigenvalue weighted by molar-refractivity contribution is -0.384. The Morgan fingerprint density at radius 2 is 1.42 bits per heavy atom. The Morgan fingerprint density at radius 3 is 1.86 bits per heavy atom. The number of nitrogens with zero attached hydrogens (tertiary/aromatic N) is 2. The second kappa shape index (κ2) is 10.3. The lowest BCUT2D eigenvalue weighted by atomic mass is 9.89. The Bertz CT molecular complexity index is 1460. The molecule has 0 spiro atoms. The van der Waals surface area contributed by atoms with Gasteiger partial charge in [-0.25, -0.2) is 21.8 Å². The van der Waals surface area contributed by atoms with E-state index < -0.39 is 24.8 Å². The normalized spacial score (nSPS) is 12.5. The molecule has 2 aromatic carbocycles. The first-order valence-corrected chi connectivity index (χ1v) is 15.1. The van der Waals surface area contributed by atoms with Gasteiger partial charge in [0.2, 0.25) is 9.84 Å². The van der Waals surface area contributed by atoms with E-state index in [0.717, 1.165) is 36.0 Å². The number of anilines is 1. The van der Waals surface area contributed by atoms with E-state index in [1.54, 1.807) is 0 Å². The standard InChI is InChI=1S/C24H29N3O6S3/c1-14(2)17-11-20(15(3)4)23(21(12-17)16(5)6)36(32,33)26-24-25-13-22(34-24)35(30,31)19-9-7-18(8-10-19)27(28)29/h7-16H,1-6H3,(H,25,26). The van der Waals surface area contributed by atoms with Crippen LogP contribution in [-0.4, -0.2) is 26.7 Å². The average molecular weight is 552 g/mol. The number of thiazole rings is 1. The number of nitro benzene ring substituents is 1. The van der Waals surface area contributed by atoms with Crippen molar-refractivity contribution in [3.05, 3.63) is 69.4 Å². The van der Waals surface area contributed by atoms with Gasteiger partial charge >= 0.3 is 0 Å². The van der Waals surface area contributed by atoms with Crippen molar-refractivity contribution in [1.29, 1.82) is 0 Å². The maximum Gasteiger partial charge on any atom is 0.269 e. The summed E-state index contributed by atoms with van der Waals surface area (Å²) in [6.45, 7) is 11.8. The van der Waals surface area contributed by atoms with Gasteiger partial charge in [0.15, 0.2) is 5.13 Å². The van der Waals surface area contributed by atoms with Crippen LogP contribution in [0.3, 0.4) is 0 Å². The van der Waals surface area contributed by atoms with Crippen LogP contribution in [0.1, 0.15) is 76.0 Å². The minimum atomic E-state index is -4.09. The Labute approximate surface area is 215 Å². The molecule has 0 aliphatic carbocycles. The smallest absolute Gasteiger partial charge is 0.258 e. The number of sulfonamides is 1. The molecular weight excluding hydrogens is 522 g/mol. The minimum Gasteiger partial charge on any atom is -0.258 e. The summed E-state index contributed by atoms with van der Waals surface area (Å²) in [5.74, 6) is 0.0835. The number of rotatable bonds is 9. The molecule has 0 aliphatic heterocycles. The highest BCUT2D eigenvalue weighted by atomic mass is 32.2. The van der Waals surface area contributed by atoms with Crippen LogP contribution in [-0.2, 0) is 19.9 Å². The van der Waals surface area contributed by atoms with Crippen LogP contribution in [0.4, 0.5) is 10.8 Å². The van der Waals surface area contributed by atoms with Gasteiger partial charge in [0, 0.05) is 12.1 Å². The van der Waals surface area contributed by atoms with E-state index in [2.05, 4.69) is 23.6 Å². The maximum atomic E-state index is 13.6. The lowest BCUT2D eigenvalue weighted by Gasteiger charge is -2.22. The van der Waals surface area contributed by atoms with Crippen LogP contribution < -0.4 is 4.72 Å². The Balaban J connectivity index is 2.02. The molecule has 0 unspecified atom stereocenters. The zero-order valence-electron chi connectivity index (χ0n) is 20.8. The zero-order chi connectivity index (χ0) is 27.0. The Morgan fingerprint density at radius 1 is 0.889 bits per heavy atom. The van der Waals surface area contributed by atoms with Crippen LogP contribution in [0.15, 0.2) is 56.6 Å². The summed E-state index contributed by atoms with van der Waals surface area (Å²) in [4.78, 5) is 14.3. The first-order valence-electron chi connectivity index (χ1n) is 11.3. The maximum absolute atomic E-state index is 13.6. The summed E-state index contributed by atoms with van der Waals surface area (Å²) >= 11 is 0.680. The van der Waals surface area contributed by atoms with E-state index in [-0.39, 0.29) is 42.6 Å². The SMILES string of the molecule is CC(C)c1cc(C(C)C)c(S(=O)(=O)Nc2ncc(S(=O)(=O)c3ccc([N+](=O)[O-])cc3)s2)c(C(C)C)c1. The van der Waals surface area contributed by atoms with Crippen molar-refractivity contribution in [2.45, 2.75) is 73.3 Å². The Hall–Kier alpha value is -2.83. The molecule has 3 aromatic rings. The van der Waals surface area contributed by atoms with Gasteiger partial charge in [0.05, 0.1) is 20.9 Å². The highest BCUT2D eigenvalue weighted by Gasteiger charge is 2.29. The summed E-state index contributed by atoms with van der Waals surface area (Å²) in [6, 6.07) is 8.30. The molecule has 0 radical (unpaired) electrons. The topological polar surface area (TPSA) is 136 Å². The molecule has 0 saturated heterocycles. The molecule has 12 heteroatoms. The van der Waals surface area contributed by atoms with Crippen molar-refractivity contribution in [2.75, 3.05) is 4.72 Å². The molecule has 0 saturated carbocycles. The molecular formula is C24H29N3O6S3. The molecule has 3 rings (SSSR count). The van der Waals surface area contributed by atoms with Crippen LogP contribution in [0.5, 0.6) is 0 Å². The van der Waals surface area contributed by atoms with Gasteiger partial charge in [0.1, 0.15) is 4.21 Å². The molecule has 36 heavy (non-hydrogen) atoms. The zero-order valence-corrected chi connectivity index (χ0v) is 23.3. The molecule has 0 atom stereocenters. The van der Waals surface area contributed by atoms with Gasteiger partial charge < -0.3 is 0 Å². The molecule has 0 fully saturated rings. The van der Waals surface area contributed by atoms with Gasteiger partial charge in [-0.05, 0) is 46.6 Å². The molecule has 1 aromatic heterocycles. The molecule has 0 aliphatic rings. The van der Waals surface area contributed by atoms with E-state index in [1.165, 1.54) is 0 Å². The molecule has 0 bridgehead atoms. The number of non-ortho nitro benzene ring substituents is 1. The van der Waals surface area contributed by atoms with Crippen molar-refractivity contribution >= 4 is 42.0 Å². The second-order valence-electron chi connectivity index (χ2n) is 9.34. The largest absolute Gasteiger partial charge is 0.269 e. The first-order chi connectivity index (χ1) is 16.6. The fourth-order valence-corrected chi connectivity index (χ4v) is 8.03. The summed E-state index contributed by atoms with van der Waals surface area (Å²) in [6.07, 6.45) is 1.08. The van der Waals surface area contributed by atoms with E-state index >= 15 is 0 Å². The molecule has 0 amide bonds. The highest BCUT2D eigenvalue weighted by molar-refractivity contribution is 7.94. The summed E-state index contributed by atoms with van der Waals surface area (Å²) in [7, 11) is -8.13. The molecule has 194 valence electrons. The number of aromatic nitrogens is 1. The third-order valence-electron chi connectivity index (χ3n) is 5.68. The number of hydrogen-bond donors (Lipinski definition) is 1. The molecule has 1 heterocycles. The fraction of sp³-hybridized carbons (Fsp3) is 0.375. The van der Waals surface area contributed by atoms with Crippen LogP contribution >= 0.6 is 11.3 Å². The monoisotopic (exact) mass is 551 g/mol. The minimum absolute atomic E-state index is 0.0675. The van der Waals surface area contributed by atoms with Gasteiger partial charge in [-0.2, -0.15) is 0 Å². The number of nitro groups is 1.